The van der Waals surface area contributed by atoms with Crippen LogP contribution in [0, 0.1) is 0 Å². The van der Waals surface area contributed by atoms with Crippen LogP contribution in [0.2, 0.25) is 0 Å². The van der Waals surface area contributed by atoms with Gasteiger partial charge in [0.1, 0.15) is 0 Å². The van der Waals surface area contributed by atoms with Crippen LogP contribution in [0.25, 0.3) is 0 Å². The van der Waals surface area contributed by atoms with E-state index in [0.717, 1.165) is 16.9 Å². The van der Waals surface area contributed by atoms with Gasteiger partial charge in [0.05, 0.1) is 11.4 Å². The molecule has 3 aromatic rings. The summed E-state index contributed by atoms with van der Waals surface area (Å²) in [6, 6.07) is 30.5. The summed E-state index contributed by atoms with van der Waals surface area (Å²) < 4.78 is 0. The molecule has 1 aliphatic rings. The lowest BCUT2D eigenvalue weighted by atomic mass is 10.1. The van der Waals surface area contributed by atoms with Crippen LogP contribution in [0.1, 0.15) is 11.7 Å². The van der Waals surface area contributed by atoms with Crippen LogP contribution in [-0.4, -0.2) is 0 Å². The van der Waals surface area contributed by atoms with Gasteiger partial charge in [-0.15, -0.1) is 5.11 Å². The predicted molar refractivity (Wildman–Crippen MR) is 91.9 cm³/mol. The van der Waals surface area contributed by atoms with Gasteiger partial charge in [-0.05, 0) is 29.5 Å². The van der Waals surface area contributed by atoms with Gasteiger partial charge in [-0.25, -0.2) is 5.01 Å². The Morgan fingerprint density at radius 2 is 1.13 bits per heavy atom. The molecular formula is C19H16N4. The van der Waals surface area contributed by atoms with Crippen LogP contribution < -0.4 is 10.1 Å². The smallest absolute Gasteiger partial charge is 0.190 e. The Labute approximate surface area is 135 Å². The predicted octanol–water partition coefficient (Wildman–Crippen LogP) is 4.99. The van der Waals surface area contributed by atoms with Crippen molar-refractivity contribution in [2.24, 2.45) is 10.3 Å². The minimum Gasteiger partial charge on any atom is -0.233 e. The van der Waals surface area contributed by atoms with Gasteiger partial charge in [-0.2, -0.15) is 5.12 Å². The van der Waals surface area contributed by atoms with Crippen molar-refractivity contribution in [3.63, 3.8) is 0 Å². The fourth-order valence-electron chi connectivity index (χ4n) is 2.70. The Morgan fingerprint density at radius 1 is 0.609 bits per heavy atom. The van der Waals surface area contributed by atoms with E-state index in [1.807, 2.05) is 71.8 Å². The second-order valence-electron chi connectivity index (χ2n) is 5.29. The molecule has 0 aromatic heterocycles. The number of hydrazine groups is 1. The highest BCUT2D eigenvalue weighted by molar-refractivity contribution is 5.59. The third-order valence-corrected chi connectivity index (χ3v) is 3.79. The highest BCUT2D eigenvalue weighted by Crippen LogP contribution is 2.37. The maximum absolute atomic E-state index is 4.50. The lowest BCUT2D eigenvalue weighted by Gasteiger charge is -2.31. The van der Waals surface area contributed by atoms with Crippen molar-refractivity contribution in [1.29, 1.82) is 0 Å². The van der Waals surface area contributed by atoms with E-state index < -0.39 is 0 Å². The van der Waals surface area contributed by atoms with Crippen molar-refractivity contribution >= 4 is 11.4 Å². The molecule has 0 bridgehead atoms. The molecule has 1 heterocycles. The number of para-hydroxylation sites is 2. The molecule has 0 N–H and O–H groups in total. The van der Waals surface area contributed by atoms with Crippen molar-refractivity contribution in [3.8, 4) is 0 Å². The lowest BCUT2D eigenvalue weighted by Crippen LogP contribution is -2.37. The minimum absolute atomic E-state index is 0.168. The van der Waals surface area contributed by atoms with E-state index in [2.05, 4.69) is 39.6 Å². The van der Waals surface area contributed by atoms with E-state index >= 15 is 0 Å². The summed E-state index contributed by atoms with van der Waals surface area (Å²) in [5.41, 5.74) is 3.15. The van der Waals surface area contributed by atoms with E-state index in [9.17, 15) is 0 Å². The second kappa shape index (κ2) is 5.93. The van der Waals surface area contributed by atoms with Gasteiger partial charge in [0, 0.05) is 5.56 Å². The van der Waals surface area contributed by atoms with Crippen LogP contribution in [-0.2, 0) is 0 Å². The normalized spacial score (nSPS) is 16.8. The molecule has 3 aromatic carbocycles. The summed E-state index contributed by atoms with van der Waals surface area (Å²) in [7, 11) is 0. The van der Waals surface area contributed by atoms with E-state index in [-0.39, 0.29) is 6.17 Å². The van der Waals surface area contributed by atoms with Crippen molar-refractivity contribution in [1.82, 2.24) is 0 Å². The molecular weight excluding hydrogens is 284 g/mol. The summed E-state index contributed by atoms with van der Waals surface area (Å²) in [6.45, 7) is 0. The average molecular weight is 300 g/mol. The van der Waals surface area contributed by atoms with Gasteiger partial charge < -0.3 is 0 Å². The minimum atomic E-state index is -0.168. The third-order valence-electron chi connectivity index (χ3n) is 3.79. The molecule has 4 rings (SSSR count). The molecule has 1 aliphatic heterocycles. The van der Waals surface area contributed by atoms with Gasteiger partial charge in [0.2, 0.25) is 0 Å². The number of benzene rings is 3. The van der Waals surface area contributed by atoms with Gasteiger partial charge >= 0.3 is 0 Å². The first-order chi connectivity index (χ1) is 11.4. The Bertz CT molecular complexity index is 738. The van der Waals surface area contributed by atoms with Crippen molar-refractivity contribution in [2.45, 2.75) is 6.17 Å². The summed E-state index contributed by atoms with van der Waals surface area (Å²) in [5, 5.41) is 12.9. The number of rotatable bonds is 3. The fourth-order valence-corrected chi connectivity index (χ4v) is 2.70. The van der Waals surface area contributed by atoms with Crippen molar-refractivity contribution in [2.75, 3.05) is 10.1 Å². The highest BCUT2D eigenvalue weighted by Gasteiger charge is 2.32. The molecule has 1 unspecified atom stereocenters. The Morgan fingerprint density at radius 3 is 1.74 bits per heavy atom. The molecule has 0 spiro atoms. The van der Waals surface area contributed by atoms with Gasteiger partial charge in [0.25, 0.3) is 0 Å². The van der Waals surface area contributed by atoms with E-state index in [4.69, 9.17) is 0 Å². The zero-order chi connectivity index (χ0) is 15.5. The molecule has 4 heteroatoms. The molecule has 0 aliphatic carbocycles. The number of anilines is 2. The standard InChI is InChI=1S/C19H16N4/c1-4-10-16(11-5-1)19-20-21-23(18-14-8-3-9-15-18)22(19)17-12-6-2-7-13-17/h1-15,19H. The summed E-state index contributed by atoms with van der Waals surface area (Å²) in [6.07, 6.45) is -0.168. The number of hydrogen-bond donors (Lipinski definition) is 0. The highest BCUT2D eigenvalue weighted by atomic mass is 15.9. The van der Waals surface area contributed by atoms with E-state index in [0.29, 0.717) is 0 Å². The van der Waals surface area contributed by atoms with Crippen LogP contribution >= 0.6 is 0 Å². The Balaban J connectivity index is 1.78. The maximum atomic E-state index is 4.50. The zero-order valence-corrected chi connectivity index (χ0v) is 12.5. The fraction of sp³-hybridized carbons (Fsp3) is 0.0526. The van der Waals surface area contributed by atoms with Crippen molar-refractivity contribution in [3.05, 3.63) is 96.6 Å². The second-order valence-corrected chi connectivity index (χ2v) is 5.29. The quantitative estimate of drug-likeness (QED) is 0.682. The Kier molecular flexibility index (Phi) is 3.48. The first-order valence-electron chi connectivity index (χ1n) is 7.58. The zero-order valence-electron chi connectivity index (χ0n) is 12.5. The van der Waals surface area contributed by atoms with Gasteiger partial charge in [-0.3, -0.25) is 0 Å². The molecule has 0 saturated heterocycles. The maximum Gasteiger partial charge on any atom is 0.190 e. The van der Waals surface area contributed by atoms with Crippen molar-refractivity contribution < 1.29 is 0 Å². The van der Waals surface area contributed by atoms with E-state index in [1.54, 1.807) is 0 Å². The molecule has 0 amide bonds. The Hall–Kier alpha value is -3.14. The molecule has 23 heavy (non-hydrogen) atoms. The third kappa shape index (κ3) is 2.55. The molecule has 0 radical (unpaired) electrons. The first-order valence-corrected chi connectivity index (χ1v) is 7.58. The molecule has 0 saturated carbocycles. The summed E-state index contributed by atoms with van der Waals surface area (Å²) in [4.78, 5) is 0. The van der Waals surface area contributed by atoms with Crippen LogP contribution in [0.5, 0.6) is 0 Å². The van der Waals surface area contributed by atoms with Gasteiger partial charge in [-0.1, -0.05) is 66.7 Å². The monoisotopic (exact) mass is 300 g/mol. The molecule has 4 nitrogen and oxygen atoms in total. The first kappa shape index (κ1) is 13.5. The number of hydrogen-bond acceptors (Lipinski definition) is 4. The van der Waals surface area contributed by atoms with E-state index in [1.165, 1.54) is 0 Å². The molecule has 112 valence electrons. The summed E-state index contributed by atoms with van der Waals surface area (Å²) in [5.74, 6) is 0. The molecule has 1 atom stereocenters. The topological polar surface area (TPSA) is 31.2 Å². The van der Waals surface area contributed by atoms with Crippen LogP contribution in [0.3, 0.4) is 0 Å². The largest absolute Gasteiger partial charge is 0.233 e. The SMILES string of the molecule is c1ccc(C2N=NN(c3ccccc3)N2c2ccccc2)cc1. The lowest BCUT2D eigenvalue weighted by molar-refractivity contribution is 0.705. The van der Waals surface area contributed by atoms with Crippen LogP contribution in [0.15, 0.2) is 101 Å². The average Bonchev–Trinajstić information content (AvgIpc) is 3.09. The molecule has 0 fully saturated rings. The number of nitrogens with zero attached hydrogens (tertiary/aromatic N) is 4. The summed E-state index contributed by atoms with van der Waals surface area (Å²) >= 11 is 0. The van der Waals surface area contributed by atoms with Gasteiger partial charge in [0.15, 0.2) is 6.17 Å². The van der Waals surface area contributed by atoms with Crippen LogP contribution in [0.4, 0.5) is 11.4 Å².